The summed E-state index contributed by atoms with van der Waals surface area (Å²) >= 11 is 0. The molecular weight excluding hydrogens is 538 g/mol. The molecule has 3 heterocycles. The number of aromatic amines is 1. The summed E-state index contributed by atoms with van der Waals surface area (Å²) in [5.41, 5.74) is 5.64. The molecule has 0 unspecified atom stereocenters. The van der Waals surface area contributed by atoms with Gasteiger partial charge in [-0.2, -0.15) is 0 Å². The second-order valence-electron chi connectivity index (χ2n) is 10.3. The Hall–Kier alpha value is -4.57. The Morgan fingerprint density at radius 3 is 2.37 bits per heavy atom. The van der Waals surface area contributed by atoms with Crippen molar-refractivity contribution < 1.29 is 17.9 Å². The molecule has 1 amide bonds. The van der Waals surface area contributed by atoms with Crippen LogP contribution < -0.4 is 9.46 Å². The van der Waals surface area contributed by atoms with Crippen LogP contribution in [0.3, 0.4) is 0 Å². The lowest BCUT2D eigenvalue weighted by molar-refractivity contribution is -0.124. The van der Waals surface area contributed by atoms with Crippen molar-refractivity contribution in [2.24, 2.45) is 5.92 Å². The molecule has 5 aromatic rings. The van der Waals surface area contributed by atoms with Crippen LogP contribution >= 0.6 is 0 Å². The Kier molecular flexibility index (Phi) is 7.23. The van der Waals surface area contributed by atoms with Gasteiger partial charge in [0.2, 0.25) is 11.8 Å². The molecule has 41 heavy (non-hydrogen) atoms. The number of H-pyrrole nitrogens is 1. The van der Waals surface area contributed by atoms with Crippen molar-refractivity contribution in [2.45, 2.75) is 43.6 Å². The molecule has 0 atom stereocenters. The first kappa shape index (κ1) is 26.6. The summed E-state index contributed by atoms with van der Waals surface area (Å²) in [6, 6.07) is 21.7. The van der Waals surface area contributed by atoms with Crippen LogP contribution in [0.25, 0.3) is 33.7 Å². The number of ether oxygens (including phenoxy) is 1. The number of amides is 1. The second kappa shape index (κ2) is 11.1. The molecule has 9 nitrogen and oxygen atoms in total. The van der Waals surface area contributed by atoms with Crippen LogP contribution in [0.5, 0.6) is 5.88 Å². The zero-order chi connectivity index (χ0) is 28.4. The summed E-state index contributed by atoms with van der Waals surface area (Å²) in [6.45, 7) is 2.05. The number of nitrogens with one attached hydrogen (secondary N) is 2. The van der Waals surface area contributed by atoms with Gasteiger partial charge in [0, 0.05) is 35.5 Å². The number of carbonyl (C=O) groups is 1. The minimum Gasteiger partial charge on any atom is -0.474 e. The Balaban J connectivity index is 1.03. The van der Waals surface area contributed by atoms with Crippen molar-refractivity contribution in [1.29, 1.82) is 0 Å². The van der Waals surface area contributed by atoms with E-state index in [0.29, 0.717) is 31.6 Å². The van der Waals surface area contributed by atoms with Gasteiger partial charge in [0.05, 0.1) is 21.6 Å². The number of pyridine rings is 2. The van der Waals surface area contributed by atoms with Crippen LogP contribution in [0, 0.1) is 12.8 Å². The van der Waals surface area contributed by atoms with E-state index in [1.807, 2.05) is 36.4 Å². The quantitative estimate of drug-likeness (QED) is 0.268. The summed E-state index contributed by atoms with van der Waals surface area (Å²) < 4.78 is 33.2. The lowest BCUT2D eigenvalue weighted by Gasteiger charge is -2.27. The van der Waals surface area contributed by atoms with Gasteiger partial charge in [-0.15, -0.1) is 0 Å². The number of sulfonamides is 1. The van der Waals surface area contributed by atoms with Crippen molar-refractivity contribution in [3.63, 3.8) is 0 Å². The highest BCUT2D eigenvalue weighted by Crippen LogP contribution is 2.29. The van der Waals surface area contributed by atoms with E-state index in [2.05, 4.69) is 37.6 Å². The zero-order valence-corrected chi connectivity index (χ0v) is 23.3. The number of imidazole rings is 1. The van der Waals surface area contributed by atoms with Crippen LogP contribution in [0.1, 0.15) is 31.2 Å². The highest BCUT2D eigenvalue weighted by Gasteiger charge is 2.30. The Bertz CT molecular complexity index is 1780. The third kappa shape index (κ3) is 5.97. The maximum absolute atomic E-state index is 12.6. The van der Waals surface area contributed by atoms with E-state index < -0.39 is 15.9 Å². The van der Waals surface area contributed by atoms with E-state index in [1.54, 1.807) is 30.6 Å². The lowest BCUT2D eigenvalue weighted by atomic mass is 9.87. The number of carbonyl (C=O) groups excluding carboxylic acids is 1. The first-order chi connectivity index (χ1) is 19.8. The number of nitrogens with zero attached hydrogens (tertiary/aromatic N) is 3. The van der Waals surface area contributed by atoms with Gasteiger partial charge in [0.1, 0.15) is 11.9 Å². The minimum atomic E-state index is -3.87. The number of aromatic nitrogens is 4. The highest BCUT2D eigenvalue weighted by molar-refractivity contribution is 7.90. The SMILES string of the molecule is Cc1ccc2nc(-c3ccc(-c4ccc(OC5CCC(C(=O)NS(=O)(=O)c6ccccc6)CC5)nc4)nc3)[nH]c2c1. The highest BCUT2D eigenvalue weighted by atomic mass is 32.2. The molecule has 3 aromatic heterocycles. The van der Waals surface area contributed by atoms with Crippen molar-refractivity contribution in [1.82, 2.24) is 24.7 Å². The Labute approximate surface area is 238 Å². The molecule has 10 heteroatoms. The predicted octanol–water partition coefficient (Wildman–Crippen LogP) is 5.44. The maximum Gasteiger partial charge on any atom is 0.264 e. The summed E-state index contributed by atoms with van der Waals surface area (Å²) in [5, 5.41) is 0. The maximum atomic E-state index is 12.6. The van der Waals surface area contributed by atoms with Crippen molar-refractivity contribution in [2.75, 3.05) is 0 Å². The third-order valence-electron chi connectivity index (χ3n) is 7.33. The molecule has 1 aliphatic rings. The van der Waals surface area contributed by atoms with Crippen LogP contribution in [0.2, 0.25) is 0 Å². The number of hydrogen-bond donors (Lipinski definition) is 2. The molecule has 2 N–H and O–H groups in total. The van der Waals surface area contributed by atoms with E-state index in [1.165, 1.54) is 17.7 Å². The summed E-state index contributed by atoms with van der Waals surface area (Å²) in [5.74, 6) is 0.434. The zero-order valence-electron chi connectivity index (χ0n) is 22.4. The van der Waals surface area contributed by atoms with Gasteiger partial charge in [-0.25, -0.2) is 23.1 Å². The van der Waals surface area contributed by atoms with Crippen LogP contribution in [-0.2, 0) is 14.8 Å². The molecule has 1 aliphatic carbocycles. The fraction of sp³-hybridized carbons (Fsp3) is 0.226. The van der Waals surface area contributed by atoms with Gasteiger partial charge in [-0.1, -0.05) is 24.3 Å². The van der Waals surface area contributed by atoms with E-state index in [0.717, 1.165) is 33.7 Å². The standard InChI is InChI=1S/C31H29N5O4S/c1-20-7-14-27-28(17-20)35-30(34-27)23-10-15-26(32-19-23)22-11-16-29(33-18-22)40-24-12-8-21(9-13-24)31(37)36-41(38,39)25-5-3-2-4-6-25/h2-7,10-11,14-19,21,24H,8-9,12-13H2,1H3,(H,34,35)(H,36,37). The number of aryl methyl sites for hydroxylation is 1. The summed E-state index contributed by atoms with van der Waals surface area (Å²) in [7, 11) is -3.87. The van der Waals surface area contributed by atoms with Gasteiger partial charge < -0.3 is 9.72 Å². The first-order valence-electron chi connectivity index (χ1n) is 13.5. The van der Waals surface area contributed by atoms with Crippen LogP contribution in [0.15, 0.2) is 90.1 Å². The molecule has 0 spiro atoms. The molecule has 2 aromatic carbocycles. The Morgan fingerprint density at radius 2 is 1.66 bits per heavy atom. The summed E-state index contributed by atoms with van der Waals surface area (Å²) in [4.78, 5) is 29.8. The van der Waals surface area contributed by atoms with Crippen molar-refractivity contribution >= 4 is 27.0 Å². The summed E-state index contributed by atoms with van der Waals surface area (Å²) in [6.07, 6.45) is 5.79. The minimum absolute atomic E-state index is 0.0762. The van der Waals surface area contributed by atoms with Gasteiger partial charge in [-0.3, -0.25) is 9.78 Å². The smallest absolute Gasteiger partial charge is 0.264 e. The number of benzene rings is 2. The van der Waals surface area contributed by atoms with Crippen LogP contribution in [0.4, 0.5) is 0 Å². The Morgan fingerprint density at radius 1 is 0.902 bits per heavy atom. The predicted molar refractivity (Wildman–Crippen MR) is 155 cm³/mol. The van der Waals surface area contributed by atoms with E-state index in [-0.39, 0.29) is 16.9 Å². The molecule has 0 aliphatic heterocycles. The molecule has 0 radical (unpaired) electrons. The first-order valence-corrected chi connectivity index (χ1v) is 15.0. The number of hydrogen-bond acceptors (Lipinski definition) is 7. The fourth-order valence-electron chi connectivity index (χ4n) is 5.05. The second-order valence-corrected chi connectivity index (χ2v) is 12.0. The topological polar surface area (TPSA) is 127 Å². The molecule has 1 fully saturated rings. The van der Waals surface area contributed by atoms with Crippen LogP contribution in [-0.4, -0.2) is 40.4 Å². The number of fused-ring (bicyclic) bond motifs is 1. The van der Waals surface area contributed by atoms with Gasteiger partial charge in [0.25, 0.3) is 10.0 Å². The van der Waals surface area contributed by atoms with Gasteiger partial charge >= 0.3 is 0 Å². The van der Waals surface area contributed by atoms with E-state index in [4.69, 9.17) is 4.74 Å². The van der Waals surface area contributed by atoms with Gasteiger partial charge in [0.15, 0.2) is 0 Å². The molecular formula is C31H29N5O4S. The monoisotopic (exact) mass is 567 g/mol. The normalized spacial score (nSPS) is 17.3. The van der Waals surface area contributed by atoms with Crippen molar-refractivity contribution in [3.8, 4) is 28.5 Å². The molecule has 0 saturated heterocycles. The van der Waals surface area contributed by atoms with E-state index in [9.17, 15) is 13.2 Å². The van der Waals surface area contributed by atoms with Crippen molar-refractivity contribution in [3.05, 3.63) is 90.8 Å². The largest absolute Gasteiger partial charge is 0.474 e. The average molecular weight is 568 g/mol. The average Bonchev–Trinajstić information content (AvgIpc) is 3.42. The molecule has 0 bridgehead atoms. The molecule has 6 rings (SSSR count). The van der Waals surface area contributed by atoms with E-state index >= 15 is 0 Å². The lowest BCUT2D eigenvalue weighted by Crippen LogP contribution is -2.38. The fourth-order valence-corrected chi connectivity index (χ4v) is 6.12. The number of rotatable bonds is 7. The third-order valence-corrected chi connectivity index (χ3v) is 8.69. The molecule has 208 valence electrons. The molecule has 1 saturated carbocycles. The van der Waals surface area contributed by atoms with Gasteiger partial charge in [-0.05, 0) is 80.6 Å².